The summed E-state index contributed by atoms with van der Waals surface area (Å²) in [6.45, 7) is 7.36. The van der Waals surface area contributed by atoms with E-state index in [1.807, 2.05) is 14.1 Å². The van der Waals surface area contributed by atoms with Crippen LogP contribution in [0.25, 0.3) is 10.4 Å². The number of carbonyl (C=O) groups is 1. The lowest BCUT2D eigenvalue weighted by atomic mass is 9.76. The maximum Gasteiger partial charge on any atom is 0.337 e. The van der Waals surface area contributed by atoms with Crippen LogP contribution in [0.1, 0.15) is 52.2 Å². The van der Waals surface area contributed by atoms with Gasteiger partial charge >= 0.3 is 5.97 Å². The van der Waals surface area contributed by atoms with Gasteiger partial charge in [-0.2, -0.15) is 0 Å². The third-order valence-corrected chi connectivity index (χ3v) is 6.31. The number of carboxylic acid groups (broad SMARTS) is 1. The van der Waals surface area contributed by atoms with Crippen LogP contribution in [0.3, 0.4) is 0 Å². The van der Waals surface area contributed by atoms with Crippen LogP contribution < -0.4 is 0 Å². The van der Waals surface area contributed by atoms with Crippen LogP contribution in [0.5, 0.6) is 0 Å². The number of rotatable bonds is 4. The predicted molar refractivity (Wildman–Crippen MR) is 105 cm³/mol. The second-order valence-corrected chi connectivity index (χ2v) is 9.36. The highest BCUT2D eigenvalue weighted by atomic mass is 32.1. The number of benzene rings is 1. The van der Waals surface area contributed by atoms with Gasteiger partial charge in [0, 0.05) is 16.3 Å². The minimum absolute atomic E-state index is 0.175. The molecular formula is C21H27NO2S. The first-order chi connectivity index (χ1) is 11.7. The molecule has 1 aliphatic carbocycles. The van der Waals surface area contributed by atoms with Crippen molar-refractivity contribution in [2.45, 2.75) is 46.6 Å². The predicted octanol–water partition coefficient (Wildman–Crippen LogP) is 5.00. The van der Waals surface area contributed by atoms with Gasteiger partial charge in [-0.3, -0.25) is 0 Å². The van der Waals surface area contributed by atoms with Gasteiger partial charge in [0.1, 0.15) is 0 Å². The fraction of sp³-hybridized carbons (Fsp3) is 0.476. The molecule has 1 aliphatic rings. The Labute approximate surface area is 154 Å². The highest BCUT2D eigenvalue weighted by Crippen LogP contribution is 2.46. The van der Waals surface area contributed by atoms with Crippen LogP contribution in [0.4, 0.5) is 0 Å². The Balaban J connectivity index is 2.20. The van der Waals surface area contributed by atoms with Crippen molar-refractivity contribution in [2.24, 2.45) is 5.41 Å². The molecule has 1 heterocycles. The van der Waals surface area contributed by atoms with E-state index in [4.69, 9.17) is 0 Å². The fourth-order valence-corrected chi connectivity index (χ4v) is 5.08. The lowest BCUT2D eigenvalue weighted by Gasteiger charge is -2.29. The van der Waals surface area contributed by atoms with Crippen LogP contribution in [0.15, 0.2) is 18.2 Å². The first-order valence-electron chi connectivity index (χ1n) is 8.80. The molecule has 4 heteroatoms. The van der Waals surface area contributed by atoms with E-state index in [0.717, 1.165) is 41.8 Å². The molecule has 1 N–H and O–H groups in total. The molecule has 134 valence electrons. The molecule has 3 rings (SSSR count). The van der Waals surface area contributed by atoms with Gasteiger partial charge < -0.3 is 10.0 Å². The number of aromatic carboxylic acids is 1. The zero-order chi connectivity index (χ0) is 18.4. The number of nitrogens with zero attached hydrogens (tertiary/aromatic N) is 1. The van der Waals surface area contributed by atoms with Crippen molar-refractivity contribution in [3.05, 3.63) is 45.3 Å². The molecule has 0 saturated heterocycles. The van der Waals surface area contributed by atoms with Crippen LogP contribution in [-0.4, -0.2) is 30.1 Å². The number of thiophene rings is 1. The van der Waals surface area contributed by atoms with Crippen LogP contribution in [-0.2, 0) is 19.4 Å². The van der Waals surface area contributed by atoms with E-state index in [0.29, 0.717) is 5.56 Å². The highest BCUT2D eigenvalue weighted by Gasteiger charge is 2.33. The Bertz CT molecular complexity index is 818. The molecule has 0 aliphatic heterocycles. The highest BCUT2D eigenvalue weighted by molar-refractivity contribution is 7.16. The molecule has 0 radical (unpaired) electrons. The number of fused-ring (bicyclic) bond motifs is 1. The zero-order valence-electron chi connectivity index (χ0n) is 15.8. The molecule has 2 aromatic rings. The van der Waals surface area contributed by atoms with Crippen molar-refractivity contribution in [2.75, 3.05) is 14.1 Å². The van der Waals surface area contributed by atoms with Gasteiger partial charge in [-0.25, -0.2) is 4.79 Å². The number of carboxylic acids is 1. The topological polar surface area (TPSA) is 40.5 Å². The van der Waals surface area contributed by atoms with E-state index in [2.05, 4.69) is 43.9 Å². The average molecular weight is 358 g/mol. The minimum atomic E-state index is -0.789. The Kier molecular flexibility index (Phi) is 4.78. The van der Waals surface area contributed by atoms with Crippen LogP contribution >= 0.6 is 11.3 Å². The van der Waals surface area contributed by atoms with E-state index < -0.39 is 5.97 Å². The molecule has 0 saturated carbocycles. The van der Waals surface area contributed by atoms with Gasteiger partial charge in [-0.15, -0.1) is 11.3 Å². The normalized spacial score (nSPS) is 16.1. The third kappa shape index (κ3) is 3.65. The lowest BCUT2D eigenvalue weighted by molar-refractivity contribution is 0.0696. The van der Waals surface area contributed by atoms with Crippen molar-refractivity contribution in [1.82, 2.24) is 4.90 Å². The molecule has 0 bridgehead atoms. The van der Waals surface area contributed by atoms with Gasteiger partial charge in [0.05, 0.1) is 5.56 Å². The van der Waals surface area contributed by atoms with Crippen molar-refractivity contribution < 1.29 is 9.90 Å². The second kappa shape index (κ2) is 6.58. The molecule has 1 aromatic heterocycles. The second-order valence-electron chi connectivity index (χ2n) is 8.25. The van der Waals surface area contributed by atoms with Gasteiger partial charge in [0.15, 0.2) is 0 Å². The fourth-order valence-electron chi connectivity index (χ4n) is 3.72. The summed E-state index contributed by atoms with van der Waals surface area (Å²) >= 11 is 1.69. The summed E-state index contributed by atoms with van der Waals surface area (Å²) in [5.41, 5.74) is 5.23. The summed E-state index contributed by atoms with van der Waals surface area (Å²) in [7, 11) is 4.09. The minimum Gasteiger partial charge on any atom is -0.478 e. The smallest absolute Gasteiger partial charge is 0.337 e. The molecule has 25 heavy (non-hydrogen) atoms. The zero-order valence-corrected chi connectivity index (χ0v) is 16.6. The Morgan fingerprint density at radius 2 is 2.04 bits per heavy atom. The van der Waals surface area contributed by atoms with Crippen molar-refractivity contribution >= 4 is 17.3 Å². The van der Waals surface area contributed by atoms with E-state index in [-0.39, 0.29) is 5.41 Å². The number of aryl methyl sites for hydroxylation is 2. The summed E-state index contributed by atoms with van der Waals surface area (Å²) in [4.78, 5) is 16.5. The molecule has 0 fully saturated rings. The molecule has 3 nitrogen and oxygen atoms in total. The van der Waals surface area contributed by atoms with Gasteiger partial charge in [-0.05, 0) is 62.4 Å². The SMILES string of the molecule is Cc1ccc(CN(C)C)c(-c2sc3c(c2C(=O)O)CC(C)(C)CC3)c1. The van der Waals surface area contributed by atoms with Crippen molar-refractivity contribution in [3.63, 3.8) is 0 Å². The Morgan fingerprint density at radius 3 is 2.68 bits per heavy atom. The van der Waals surface area contributed by atoms with E-state index in [1.54, 1.807) is 11.3 Å². The van der Waals surface area contributed by atoms with Crippen LogP contribution in [0.2, 0.25) is 0 Å². The first kappa shape index (κ1) is 18.2. The number of hydrogen-bond donors (Lipinski definition) is 1. The summed E-state index contributed by atoms with van der Waals surface area (Å²) in [6.07, 6.45) is 2.97. The summed E-state index contributed by atoms with van der Waals surface area (Å²) in [6, 6.07) is 6.39. The lowest BCUT2D eigenvalue weighted by Crippen LogP contribution is -2.22. The molecule has 0 amide bonds. The average Bonchev–Trinajstić information content (AvgIpc) is 2.85. The monoisotopic (exact) mass is 357 g/mol. The largest absolute Gasteiger partial charge is 0.478 e. The van der Waals surface area contributed by atoms with Gasteiger partial charge in [-0.1, -0.05) is 37.6 Å². The van der Waals surface area contributed by atoms with E-state index in [9.17, 15) is 9.90 Å². The third-order valence-electron chi connectivity index (χ3n) is 4.99. The van der Waals surface area contributed by atoms with Gasteiger partial charge in [0.2, 0.25) is 0 Å². The first-order valence-corrected chi connectivity index (χ1v) is 9.62. The number of hydrogen-bond acceptors (Lipinski definition) is 3. The molecule has 0 spiro atoms. The summed E-state index contributed by atoms with van der Waals surface area (Å²) in [5.74, 6) is -0.789. The Morgan fingerprint density at radius 1 is 1.32 bits per heavy atom. The molecule has 0 atom stereocenters. The van der Waals surface area contributed by atoms with Crippen molar-refractivity contribution in [3.8, 4) is 10.4 Å². The summed E-state index contributed by atoms with van der Waals surface area (Å²) < 4.78 is 0. The van der Waals surface area contributed by atoms with Gasteiger partial charge in [0.25, 0.3) is 0 Å². The van der Waals surface area contributed by atoms with Crippen LogP contribution in [0, 0.1) is 12.3 Å². The van der Waals surface area contributed by atoms with Crippen molar-refractivity contribution in [1.29, 1.82) is 0 Å². The molecule has 1 aromatic carbocycles. The Hall–Kier alpha value is -1.65. The molecular weight excluding hydrogens is 330 g/mol. The maximum absolute atomic E-state index is 12.2. The summed E-state index contributed by atoms with van der Waals surface area (Å²) in [5, 5.41) is 9.98. The maximum atomic E-state index is 12.2. The van der Waals surface area contributed by atoms with E-state index >= 15 is 0 Å². The molecule has 0 unspecified atom stereocenters. The standard InChI is InChI=1S/C21H27NO2S/c1-13-6-7-14(12-22(4)5)15(10-13)19-18(20(23)24)16-11-21(2,3)9-8-17(16)25-19/h6-7,10H,8-9,11-12H2,1-5H3,(H,23,24). The van der Waals surface area contributed by atoms with E-state index in [1.165, 1.54) is 16.0 Å². The quantitative estimate of drug-likeness (QED) is 0.837.